The lowest BCUT2D eigenvalue weighted by molar-refractivity contribution is -0.503. The van der Waals surface area contributed by atoms with Gasteiger partial charge in [0, 0.05) is 18.8 Å². The Bertz CT molecular complexity index is 110. The first-order valence-electron chi connectivity index (χ1n) is 3.88. The largest absolute Gasteiger partial charge is 1.00 e. The van der Waals surface area contributed by atoms with Crippen LogP contribution < -0.4 is 12.4 Å². The molecule has 1 aliphatic rings. The standard InChI is InChI=1S/C8H16N.ClH/c1-8(2)7-9-5-3-4-6-9;/h7-8H,3-6H2,1-2H3;1H/q+1;/p-1. The van der Waals surface area contributed by atoms with Gasteiger partial charge < -0.3 is 12.4 Å². The Hall–Kier alpha value is -0.0400. The van der Waals surface area contributed by atoms with Crippen molar-refractivity contribution in [2.75, 3.05) is 13.1 Å². The SMILES string of the molecule is CC(C)C=[N+]1CCCC1.[Cl-]. The molecule has 0 saturated carbocycles. The van der Waals surface area contributed by atoms with E-state index in [9.17, 15) is 0 Å². The van der Waals surface area contributed by atoms with Crippen LogP contribution in [0.2, 0.25) is 0 Å². The van der Waals surface area contributed by atoms with E-state index in [1.54, 1.807) is 0 Å². The smallest absolute Gasteiger partial charge is 0.142 e. The highest BCUT2D eigenvalue weighted by Crippen LogP contribution is 2.01. The van der Waals surface area contributed by atoms with Crippen LogP contribution in [0.4, 0.5) is 0 Å². The van der Waals surface area contributed by atoms with Gasteiger partial charge in [0.2, 0.25) is 0 Å². The molecule has 0 aromatic heterocycles. The Morgan fingerprint density at radius 1 is 1.20 bits per heavy atom. The second-order valence-corrected chi connectivity index (χ2v) is 3.14. The van der Waals surface area contributed by atoms with Gasteiger partial charge in [0.15, 0.2) is 0 Å². The molecule has 10 heavy (non-hydrogen) atoms. The van der Waals surface area contributed by atoms with Crippen molar-refractivity contribution < 1.29 is 17.0 Å². The molecule has 60 valence electrons. The highest BCUT2D eigenvalue weighted by molar-refractivity contribution is 5.53. The first-order chi connectivity index (χ1) is 4.29. The van der Waals surface area contributed by atoms with Crippen molar-refractivity contribution in [2.24, 2.45) is 5.92 Å². The van der Waals surface area contributed by atoms with Crippen LogP contribution in [0.1, 0.15) is 26.7 Å². The molecule has 0 radical (unpaired) electrons. The van der Waals surface area contributed by atoms with E-state index < -0.39 is 0 Å². The number of nitrogens with zero attached hydrogens (tertiary/aromatic N) is 1. The van der Waals surface area contributed by atoms with Crippen molar-refractivity contribution in [3.63, 3.8) is 0 Å². The van der Waals surface area contributed by atoms with Gasteiger partial charge in [-0.25, -0.2) is 4.58 Å². The summed E-state index contributed by atoms with van der Waals surface area (Å²) < 4.78 is 2.44. The van der Waals surface area contributed by atoms with E-state index in [-0.39, 0.29) is 12.4 Å². The van der Waals surface area contributed by atoms with E-state index in [1.165, 1.54) is 25.9 Å². The third-order valence-corrected chi connectivity index (χ3v) is 1.65. The third kappa shape index (κ3) is 3.21. The number of halogens is 1. The topological polar surface area (TPSA) is 3.01 Å². The molecule has 0 spiro atoms. The van der Waals surface area contributed by atoms with Crippen LogP contribution in [-0.2, 0) is 0 Å². The van der Waals surface area contributed by atoms with Crippen molar-refractivity contribution in [1.29, 1.82) is 0 Å². The minimum atomic E-state index is 0. The van der Waals surface area contributed by atoms with Gasteiger partial charge in [-0.3, -0.25) is 0 Å². The van der Waals surface area contributed by atoms with Gasteiger partial charge in [-0.1, -0.05) is 13.8 Å². The minimum Gasteiger partial charge on any atom is -1.00 e. The molecule has 0 aliphatic carbocycles. The van der Waals surface area contributed by atoms with E-state index in [4.69, 9.17) is 0 Å². The fraction of sp³-hybridized carbons (Fsp3) is 0.875. The Morgan fingerprint density at radius 3 is 2.10 bits per heavy atom. The molecule has 2 heteroatoms. The maximum absolute atomic E-state index is 2.44. The molecule has 0 atom stereocenters. The minimum absolute atomic E-state index is 0. The maximum atomic E-state index is 2.44. The Kier molecular flexibility index (Phi) is 4.71. The highest BCUT2D eigenvalue weighted by atomic mass is 35.5. The van der Waals surface area contributed by atoms with Crippen molar-refractivity contribution in [2.45, 2.75) is 26.7 Å². The predicted octanol–water partition coefficient (Wildman–Crippen LogP) is -1.48. The molecule has 1 fully saturated rings. The quantitative estimate of drug-likeness (QED) is 0.413. The summed E-state index contributed by atoms with van der Waals surface area (Å²) in [6.07, 6.45) is 5.12. The predicted molar refractivity (Wildman–Crippen MR) is 40.1 cm³/mol. The van der Waals surface area contributed by atoms with E-state index in [1.807, 2.05) is 0 Å². The molecule has 1 nitrogen and oxygen atoms in total. The normalized spacial score (nSPS) is 17.3. The fourth-order valence-electron chi connectivity index (χ4n) is 1.31. The van der Waals surface area contributed by atoms with Gasteiger partial charge in [0.1, 0.15) is 19.3 Å². The zero-order valence-electron chi connectivity index (χ0n) is 6.81. The summed E-state index contributed by atoms with van der Waals surface area (Å²) in [5, 5.41) is 0. The van der Waals surface area contributed by atoms with E-state index in [2.05, 4.69) is 24.6 Å². The number of hydrogen-bond acceptors (Lipinski definition) is 0. The van der Waals surface area contributed by atoms with Crippen LogP contribution in [0.15, 0.2) is 0 Å². The van der Waals surface area contributed by atoms with Gasteiger partial charge in [-0.15, -0.1) is 0 Å². The van der Waals surface area contributed by atoms with Gasteiger partial charge >= 0.3 is 0 Å². The summed E-state index contributed by atoms with van der Waals surface area (Å²) in [6.45, 7) is 7.05. The molecular weight excluding hydrogens is 146 g/mol. The molecule has 1 aliphatic heterocycles. The van der Waals surface area contributed by atoms with E-state index >= 15 is 0 Å². The second-order valence-electron chi connectivity index (χ2n) is 3.14. The lowest BCUT2D eigenvalue weighted by Gasteiger charge is -1.93. The van der Waals surface area contributed by atoms with Crippen molar-refractivity contribution in [3.05, 3.63) is 0 Å². The molecule has 0 amide bonds. The van der Waals surface area contributed by atoms with Crippen molar-refractivity contribution >= 4 is 6.21 Å². The summed E-state index contributed by atoms with van der Waals surface area (Å²) in [5.74, 6) is 0.725. The van der Waals surface area contributed by atoms with E-state index in [0.29, 0.717) is 0 Å². The van der Waals surface area contributed by atoms with Crippen molar-refractivity contribution in [3.8, 4) is 0 Å². The van der Waals surface area contributed by atoms with Gasteiger partial charge in [-0.05, 0) is 0 Å². The molecule has 1 heterocycles. The van der Waals surface area contributed by atoms with Crippen LogP contribution >= 0.6 is 0 Å². The Labute approximate surface area is 69.5 Å². The number of hydrogen-bond donors (Lipinski definition) is 0. The average Bonchev–Trinajstić information content (AvgIpc) is 2.15. The molecule has 0 N–H and O–H groups in total. The fourth-order valence-corrected chi connectivity index (χ4v) is 1.31. The summed E-state index contributed by atoms with van der Waals surface area (Å²) in [7, 11) is 0. The van der Waals surface area contributed by atoms with Gasteiger partial charge in [0.25, 0.3) is 0 Å². The van der Waals surface area contributed by atoms with Crippen LogP contribution in [0, 0.1) is 5.92 Å². The lowest BCUT2D eigenvalue weighted by atomic mass is 10.2. The Balaban J connectivity index is 0.000000810. The van der Waals surface area contributed by atoms with Gasteiger partial charge in [-0.2, -0.15) is 0 Å². The zero-order chi connectivity index (χ0) is 6.69. The summed E-state index contributed by atoms with van der Waals surface area (Å²) in [4.78, 5) is 0. The first-order valence-corrected chi connectivity index (χ1v) is 3.88. The summed E-state index contributed by atoms with van der Waals surface area (Å²) in [6, 6.07) is 0. The molecule has 1 saturated heterocycles. The molecular formula is C8H16ClN. The summed E-state index contributed by atoms with van der Waals surface area (Å²) in [5.41, 5.74) is 0. The summed E-state index contributed by atoms with van der Waals surface area (Å²) >= 11 is 0. The third-order valence-electron chi connectivity index (χ3n) is 1.65. The molecule has 1 rings (SSSR count). The van der Waals surface area contributed by atoms with Crippen LogP contribution in [0.5, 0.6) is 0 Å². The van der Waals surface area contributed by atoms with Crippen LogP contribution in [0.25, 0.3) is 0 Å². The first kappa shape index (κ1) is 9.96. The monoisotopic (exact) mass is 161 g/mol. The highest BCUT2D eigenvalue weighted by Gasteiger charge is 2.11. The maximum Gasteiger partial charge on any atom is 0.142 e. The van der Waals surface area contributed by atoms with E-state index in [0.717, 1.165) is 5.92 Å². The van der Waals surface area contributed by atoms with Gasteiger partial charge in [0.05, 0.1) is 0 Å². The van der Waals surface area contributed by atoms with Crippen LogP contribution in [0.3, 0.4) is 0 Å². The molecule has 0 unspecified atom stereocenters. The van der Waals surface area contributed by atoms with Crippen LogP contribution in [-0.4, -0.2) is 23.9 Å². The molecule has 0 aromatic carbocycles. The lowest BCUT2D eigenvalue weighted by Crippen LogP contribution is -3.00. The second kappa shape index (κ2) is 4.73. The number of rotatable bonds is 1. The van der Waals surface area contributed by atoms with Crippen molar-refractivity contribution in [1.82, 2.24) is 0 Å². The zero-order valence-corrected chi connectivity index (χ0v) is 7.56. The average molecular weight is 162 g/mol. The molecule has 0 aromatic rings. The Morgan fingerprint density at radius 2 is 1.70 bits per heavy atom. The molecule has 0 bridgehead atoms.